The Morgan fingerprint density at radius 1 is 0.276 bits per heavy atom. The van der Waals surface area contributed by atoms with Gasteiger partial charge in [-0.25, -0.2) is 0 Å². The molecule has 1 aliphatic carbocycles. The Morgan fingerprint density at radius 2 is 0.655 bits per heavy atom. The lowest BCUT2D eigenvalue weighted by Crippen LogP contribution is -2.32. The second kappa shape index (κ2) is 10.9. The van der Waals surface area contributed by atoms with Gasteiger partial charge in [-0.1, -0.05) is 170 Å². The van der Waals surface area contributed by atoms with Crippen molar-refractivity contribution in [3.8, 4) is 44.9 Å². The van der Waals surface area contributed by atoms with Crippen LogP contribution in [0.15, 0.2) is 194 Å². The van der Waals surface area contributed by atoms with Crippen LogP contribution in [0.4, 0.5) is 0 Å². The van der Waals surface area contributed by atoms with E-state index in [1.807, 2.05) is 0 Å². The molecule has 0 amide bonds. The average molecular weight is 733 g/mol. The van der Waals surface area contributed by atoms with E-state index in [0.717, 1.165) is 11.5 Å². The Bertz CT molecular complexity index is 3440. The SMILES string of the molecule is c1ccc2c(c1)Oc1ccccc1C21c2cc(-c3ccc4ccc5cccc6ccc3c4c56)ccc2-c2ccc(-c3ccc4ccc5cccc6ccc3c4c56)cc21. The molecule has 1 heteroatoms. The summed E-state index contributed by atoms with van der Waals surface area (Å²) in [5.74, 6) is 1.81. The van der Waals surface area contributed by atoms with E-state index in [2.05, 4.69) is 194 Å². The van der Waals surface area contributed by atoms with Gasteiger partial charge in [0.1, 0.15) is 11.5 Å². The molecule has 12 aromatic rings. The van der Waals surface area contributed by atoms with Gasteiger partial charge in [0, 0.05) is 11.1 Å². The normalized spacial score (nSPS) is 13.8. The third-order valence-electron chi connectivity index (χ3n) is 13.6. The fourth-order valence-electron chi connectivity index (χ4n) is 11.2. The molecule has 266 valence electrons. The Hall–Kier alpha value is -7.48. The summed E-state index contributed by atoms with van der Waals surface area (Å²) in [7, 11) is 0. The van der Waals surface area contributed by atoms with Crippen molar-refractivity contribution < 1.29 is 4.74 Å². The maximum Gasteiger partial charge on any atom is 0.132 e. The number of para-hydroxylation sites is 2. The quantitative estimate of drug-likeness (QED) is 0.161. The topological polar surface area (TPSA) is 9.23 Å². The summed E-state index contributed by atoms with van der Waals surface area (Å²) < 4.78 is 6.77. The second-order valence-corrected chi connectivity index (χ2v) is 16.3. The van der Waals surface area contributed by atoms with Crippen molar-refractivity contribution in [3.05, 3.63) is 216 Å². The number of fused-ring (bicyclic) bond motifs is 9. The van der Waals surface area contributed by atoms with E-state index < -0.39 is 5.41 Å². The Morgan fingerprint density at radius 3 is 1.12 bits per heavy atom. The molecule has 0 fully saturated rings. The van der Waals surface area contributed by atoms with Crippen molar-refractivity contribution >= 4 is 64.6 Å². The van der Waals surface area contributed by atoms with Crippen molar-refractivity contribution in [1.29, 1.82) is 0 Å². The maximum atomic E-state index is 6.77. The molecule has 14 rings (SSSR count). The Kier molecular flexibility index (Phi) is 5.76. The second-order valence-electron chi connectivity index (χ2n) is 16.3. The van der Waals surface area contributed by atoms with Gasteiger partial charge in [-0.2, -0.15) is 0 Å². The summed E-state index contributed by atoms with van der Waals surface area (Å²) in [6.45, 7) is 0. The van der Waals surface area contributed by atoms with Gasteiger partial charge in [0.2, 0.25) is 0 Å². The predicted molar refractivity (Wildman–Crippen MR) is 242 cm³/mol. The van der Waals surface area contributed by atoms with Crippen molar-refractivity contribution in [3.63, 3.8) is 0 Å². The molecule has 0 saturated carbocycles. The minimum absolute atomic E-state index is 0.601. The van der Waals surface area contributed by atoms with Gasteiger partial charge >= 0.3 is 0 Å². The van der Waals surface area contributed by atoms with Crippen LogP contribution in [0.3, 0.4) is 0 Å². The average Bonchev–Trinajstić information content (AvgIpc) is 3.56. The smallest absolute Gasteiger partial charge is 0.132 e. The standard InChI is InChI=1S/C57H32O/c1-3-13-51-47(11-1)57(48-12-2-4-14-52(48)58-51)49-31-39(41-25-19-37-17-15-33-7-5-9-35-21-29-45(41)55(37)53(33)35)23-27-43(49)44-28-24-40(32-50(44)57)42-26-20-38-18-16-34-8-6-10-36-22-30-46(42)56(38)54(34)36/h1-32H. The molecule has 1 spiro atoms. The fraction of sp³-hybridized carbons (Fsp3) is 0.0175. The van der Waals surface area contributed by atoms with Crippen molar-refractivity contribution in [2.45, 2.75) is 5.41 Å². The lowest BCUT2D eigenvalue weighted by atomic mass is 9.65. The molecule has 0 saturated heterocycles. The Balaban J connectivity index is 1.06. The molecule has 0 atom stereocenters. The highest BCUT2D eigenvalue weighted by Crippen LogP contribution is 2.63. The summed E-state index contributed by atoms with van der Waals surface area (Å²) in [4.78, 5) is 0. The van der Waals surface area contributed by atoms with Gasteiger partial charge in [0.05, 0.1) is 5.41 Å². The molecule has 0 bridgehead atoms. The fourth-order valence-corrected chi connectivity index (χ4v) is 11.2. The summed E-state index contributed by atoms with van der Waals surface area (Å²) in [6, 6.07) is 72.7. The van der Waals surface area contributed by atoms with Crippen molar-refractivity contribution in [1.82, 2.24) is 0 Å². The van der Waals surface area contributed by atoms with Crippen molar-refractivity contribution in [2.24, 2.45) is 0 Å². The predicted octanol–water partition coefficient (Wildman–Crippen LogP) is 15.3. The third-order valence-corrected chi connectivity index (χ3v) is 13.6. The van der Waals surface area contributed by atoms with Crippen LogP contribution in [-0.2, 0) is 5.41 Å². The molecule has 1 heterocycles. The number of ether oxygens (including phenoxy) is 1. The van der Waals surface area contributed by atoms with Crippen LogP contribution in [0.2, 0.25) is 0 Å². The van der Waals surface area contributed by atoms with Crippen LogP contribution in [0, 0.1) is 0 Å². The highest BCUT2D eigenvalue weighted by Gasteiger charge is 2.51. The minimum Gasteiger partial charge on any atom is -0.457 e. The van der Waals surface area contributed by atoms with Crippen LogP contribution < -0.4 is 4.74 Å². The lowest BCUT2D eigenvalue weighted by molar-refractivity contribution is 0.436. The molecule has 1 nitrogen and oxygen atoms in total. The minimum atomic E-state index is -0.601. The molecule has 0 aromatic heterocycles. The largest absolute Gasteiger partial charge is 0.457 e. The van der Waals surface area contributed by atoms with Crippen LogP contribution in [0.5, 0.6) is 11.5 Å². The maximum absolute atomic E-state index is 6.77. The Labute approximate surface area is 334 Å². The molecule has 0 unspecified atom stereocenters. The molecule has 0 radical (unpaired) electrons. The van der Waals surface area contributed by atoms with Crippen LogP contribution >= 0.6 is 0 Å². The van der Waals surface area contributed by atoms with E-state index in [1.54, 1.807) is 0 Å². The number of benzene rings is 12. The molecular formula is C57H32O. The zero-order chi connectivity index (χ0) is 37.7. The number of hydrogen-bond acceptors (Lipinski definition) is 1. The summed E-state index contributed by atoms with van der Waals surface area (Å²) in [6.07, 6.45) is 0. The lowest BCUT2D eigenvalue weighted by Gasteiger charge is -2.39. The van der Waals surface area contributed by atoms with Gasteiger partial charge in [-0.05, 0) is 133 Å². The highest BCUT2D eigenvalue weighted by molar-refractivity contribution is 6.26. The first-order valence-electron chi connectivity index (χ1n) is 20.2. The monoisotopic (exact) mass is 732 g/mol. The summed E-state index contributed by atoms with van der Waals surface area (Å²) >= 11 is 0. The first-order valence-corrected chi connectivity index (χ1v) is 20.2. The molecule has 2 aliphatic rings. The van der Waals surface area contributed by atoms with Gasteiger partial charge < -0.3 is 4.74 Å². The first kappa shape index (κ1) is 30.7. The van der Waals surface area contributed by atoms with E-state index >= 15 is 0 Å². The zero-order valence-corrected chi connectivity index (χ0v) is 31.4. The molecule has 58 heavy (non-hydrogen) atoms. The van der Waals surface area contributed by atoms with E-state index in [0.29, 0.717) is 0 Å². The van der Waals surface area contributed by atoms with E-state index in [-0.39, 0.29) is 0 Å². The number of hydrogen-bond donors (Lipinski definition) is 0. The zero-order valence-electron chi connectivity index (χ0n) is 31.4. The van der Waals surface area contributed by atoms with E-state index in [1.165, 1.54) is 120 Å². The van der Waals surface area contributed by atoms with Crippen LogP contribution in [0.1, 0.15) is 22.3 Å². The summed E-state index contributed by atoms with van der Waals surface area (Å²) in [5.41, 5.74) is 11.8. The van der Waals surface area contributed by atoms with E-state index in [9.17, 15) is 0 Å². The molecule has 12 aromatic carbocycles. The third kappa shape index (κ3) is 3.77. The van der Waals surface area contributed by atoms with Gasteiger partial charge in [-0.3, -0.25) is 0 Å². The molecule has 1 aliphatic heterocycles. The van der Waals surface area contributed by atoms with E-state index in [4.69, 9.17) is 4.74 Å². The summed E-state index contributed by atoms with van der Waals surface area (Å²) in [5, 5.41) is 15.6. The first-order chi connectivity index (χ1) is 28.7. The molecular weight excluding hydrogens is 701 g/mol. The van der Waals surface area contributed by atoms with Gasteiger partial charge in [-0.15, -0.1) is 0 Å². The molecule has 0 N–H and O–H groups in total. The van der Waals surface area contributed by atoms with Crippen molar-refractivity contribution in [2.75, 3.05) is 0 Å². The van der Waals surface area contributed by atoms with Gasteiger partial charge in [0.15, 0.2) is 0 Å². The highest BCUT2D eigenvalue weighted by atomic mass is 16.5. The van der Waals surface area contributed by atoms with Gasteiger partial charge in [0.25, 0.3) is 0 Å². The van der Waals surface area contributed by atoms with Crippen LogP contribution in [0.25, 0.3) is 98.0 Å². The van der Waals surface area contributed by atoms with Crippen LogP contribution in [-0.4, -0.2) is 0 Å². The number of rotatable bonds is 2.